The fraction of sp³-hybridized carbons (Fsp3) is 0.533. The van der Waals surface area contributed by atoms with E-state index in [9.17, 15) is 4.79 Å². The van der Waals surface area contributed by atoms with Crippen molar-refractivity contribution in [2.24, 2.45) is 11.1 Å². The number of halogens is 2. The van der Waals surface area contributed by atoms with Crippen molar-refractivity contribution in [1.29, 1.82) is 0 Å². The van der Waals surface area contributed by atoms with E-state index in [1.54, 1.807) is 16.7 Å². The highest BCUT2D eigenvalue weighted by Crippen LogP contribution is 2.27. The van der Waals surface area contributed by atoms with Crippen LogP contribution in [0.25, 0.3) is 0 Å². The van der Waals surface area contributed by atoms with Crippen molar-refractivity contribution in [3.8, 4) is 0 Å². The third-order valence-electron chi connectivity index (χ3n) is 3.05. The summed E-state index contributed by atoms with van der Waals surface area (Å²) in [6.07, 6.45) is 0.507. The van der Waals surface area contributed by atoms with Crippen LogP contribution < -0.4 is 5.73 Å². The van der Waals surface area contributed by atoms with Crippen molar-refractivity contribution in [1.82, 2.24) is 4.90 Å². The summed E-state index contributed by atoms with van der Waals surface area (Å²) in [6, 6.07) is 7.69. The molecule has 0 aliphatic carbocycles. The Morgan fingerprint density at radius 1 is 1.38 bits per heavy atom. The Hall–Kier alpha value is -0.420. The smallest absolute Gasteiger partial charge is 0.223 e. The first-order chi connectivity index (χ1) is 9.35. The number of thioether (sulfide) groups is 1. The minimum Gasteiger partial charge on any atom is -0.345 e. The molecule has 0 fully saturated rings. The van der Waals surface area contributed by atoms with Crippen LogP contribution in [0.4, 0.5) is 0 Å². The van der Waals surface area contributed by atoms with Gasteiger partial charge in [-0.25, -0.2) is 0 Å². The van der Waals surface area contributed by atoms with Gasteiger partial charge in [0.05, 0.1) is 5.02 Å². The highest BCUT2D eigenvalue weighted by atomic mass is 35.5. The number of carbonyl (C=O) groups is 1. The van der Waals surface area contributed by atoms with E-state index in [-0.39, 0.29) is 23.7 Å². The fourth-order valence-corrected chi connectivity index (χ4v) is 2.97. The van der Waals surface area contributed by atoms with E-state index < -0.39 is 0 Å². The number of hydrogen-bond donors (Lipinski definition) is 1. The van der Waals surface area contributed by atoms with Crippen LogP contribution in [0.1, 0.15) is 20.3 Å². The van der Waals surface area contributed by atoms with E-state index in [0.717, 1.165) is 15.7 Å². The maximum absolute atomic E-state index is 12.1. The Labute approximate surface area is 143 Å². The molecule has 0 aromatic heterocycles. The lowest BCUT2D eigenvalue weighted by Crippen LogP contribution is -2.39. The number of hydrogen-bond acceptors (Lipinski definition) is 3. The van der Waals surface area contributed by atoms with Crippen LogP contribution in [0.3, 0.4) is 0 Å². The summed E-state index contributed by atoms with van der Waals surface area (Å²) in [4.78, 5) is 14.8. The molecular formula is C15H24Cl2N2OS. The Balaban J connectivity index is 0.00000400. The van der Waals surface area contributed by atoms with E-state index in [4.69, 9.17) is 17.3 Å². The first kappa shape index (κ1) is 20.6. The Morgan fingerprint density at radius 2 is 2.00 bits per heavy atom. The second-order valence-electron chi connectivity index (χ2n) is 5.65. The number of nitrogens with zero attached hydrogens (tertiary/aromatic N) is 1. The summed E-state index contributed by atoms with van der Waals surface area (Å²) in [7, 11) is 1.83. The fourth-order valence-electron chi connectivity index (χ4n) is 1.80. The number of carbonyl (C=O) groups excluding carboxylic acids is 1. The van der Waals surface area contributed by atoms with Crippen LogP contribution in [0.15, 0.2) is 29.2 Å². The second kappa shape index (κ2) is 9.57. The molecule has 3 nitrogen and oxygen atoms in total. The summed E-state index contributed by atoms with van der Waals surface area (Å²) < 4.78 is 0. The van der Waals surface area contributed by atoms with Crippen LogP contribution in [-0.4, -0.2) is 36.7 Å². The zero-order valence-corrected chi connectivity index (χ0v) is 15.2. The van der Waals surface area contributed by atoms with Gasteiger partial charge in [0.15, 0.2) is 0 Å². The van der Waals surface area contributed by atoms with Gasteiger partial charge in [-0.2, -0.15) is 0 Å². The lowest BCUT2D eigenvalue weighted by molar-refractivity contribution is -0.130. The molecular weight excluding hydrogens is 327 g/mol. The maximum Gasteiger partial charge on any atom is 0.223 e. The van der Waals surface area contributed by atoms with E-state index >= 15 is 0 Å². The van der Waals surface area contributed by atoms with Gasteiger partial charge in [-0.3, -0.25) is 4.79 Å². The Kier molecular flexibility index (Phi) is 9.38. The second-order valence-corrected chi connectivity index (χ2v) is 7.19. The maximum atomic E-state index is 12.1. The van der Waals surface area contributed by atoms with Crippen LogP contribution >= 0.6 is 35.8 Å². The van der Waals surface area contributed by atoms with E-state index in [2.05, 4.69) is 13.8 Å². The monoisotopic (exact) mass is 350 g/mol. The lowest BCUT2D eigenvalue weighted by atomic mass is 9.93. The first-order valence-electron chi connectivity index (χ1n) is 6.67. The SMILES string of the molecule is CN(CC(C)(C)CN)C(=O)CCSc1ccccc1Cl.Cl. The average Bonchev–Trinajstić information content (AvgIpc) is 2.40. The van der Waals surface area contributed by atoms with Gasteiger partial charge >= 0.3 is 0 Å². The lowest BCUT2D eigenvalue weighted by Gasteiger charge is -2.29. The standard InChI is InChI=1S/C15H23ClN2OS.ClH/c1-15(2,10-17)11-18(3)14(19)8-9-20-13-7-5-4-6-12(13)16;/h4-7H,8-11,17H2,1-3H3;1H. The molecule has 0 saturated heterocycles. The topological polar surface area (TPSA) is 46.3 Å². The molecule has 0 unspecified atom stereocenters. The van der Waals surface area contributed by atoms with Gasteiger partial charge in [0, 0.05) is 30.7 Å². The van der Waals surface area contributed by atoms with Crippen LogP contribution in [0.5, 0.6) is 0 Å². The molecule has 21 heavy (non-hydrogen) atoms. The molecule has 0 atom stereocenters. The van der Waals surface area contributed by atoms with Crippen molar-refractivity contribution in [2.45, 2.75) is 25.2 Å². The highest BCUT2D eigenvalue weighted by molar-refractivity contribution is 7.99. The molecule has 0 spiro atoms. The van der Waals surface area contributed by atoms with Crippen molar-refractivity contribution in [2.75, 3.05) is 25.9 Å². The van der Waals surface area contributed by atoms with Gasteiger partial charge in [-0.05, 0) is 24.1 Å². The molecule has 1 amide bonds. The van der Waals surface area contributed by atoms with E-state index in [0.29, 0.717) is 19.5 Å². The van der Waals surface area contributed by atoms with Gasteiger partial charge in [0.1, 0.15) is 0 Å². The molecule has 0 radical (unpaired) electrons. The van der Waals surface area contributed by atoms with Gasteiger partial charge in [-0.15, -0.1) is 24.2 Å². The highest BCUT2D eigenvalue weighted by Gasteiger charge is 2.20. The summed E-state index contributed by atoms with van der Waals surface area (Å²) in [5.41, 5.74) is 5.65. The Morgan fingerprint density at radius 3 is 2.57 bits per heavy atom. The van der Waals surface area contributed by atoms with Crippen molar-refractivity contribution in [3.05, 3.63) is 29.3 Å². The molecule has 0 saturated carbocycles. The predicted octanol–water partition coefficient (Wildman–Crippen LogP) is 3.69. The zero-order valence-electron chi connectivity index (χ0n) is 12.8. The molecule has 1 aromatic carbocycles. The summed E-state index contributed by atoms with van der Waals surface area (Å²) in [5, 5.41) is 0.738. The van der Waals surface area contributed by atoms with Gasteiger partial charge in [-0.1, -0.05) is 37.6 Å². The third-order valence-corrected chi connectivity index (χ3v) is 4.57. The molecule has 0 aliphatic rings. The minimum atomic E-state index is -0.0414. The van der Waals surface area contributed by atoms with Crippen LogP contribution in [0.2, 0.25) is 5.02 Å². The van der Waals surface area contributed by atoms with Gasteiger partial charge in [0.25, 0.3) is 0 Å². The summed E-state index contributed by atoms with van der Waals surface area (Å²) >= 11 is 7.69. The molecule has 2 N–H and O–H groups in total. The number of rotatable bonds is 7. The third kappa shape index (κ3) is 7.41. The van der Waals surface area contributed by atoms with Crippen LogP contribution in [0, 0.1) is 5.41 Å². The van der Waals surface area contributed by atoms with Gasteiger partial charge in [0.2, 0.25) is 5.91 Å². The summed E-state index contributed by atoms with van der Waals surface area (Å²) in [5.74, 6) is 0.877. The predicted molar refractivity (Wildman–Crippen MR) is 94.5 cm³/mol. The Bertz CT molecular complexity index is 455. The average molecular weight is 351 g/mol. The molecule has 1 aromatic rings. The van der Waals surface area contributed by atoms with Crippen molar-refractivity contribution < 1.29 is 4.79 Å². The zero-order chi connectivity index (χ0) is 15.2. The summed E-state index contributed by atoms with van der Waals surface area (Å²) in [6.45, 7) is 5.38. The normalized spacial score (nSPS) is 10.9. The quantitative estimate of drug-likeness (QED) is 0.762. The molecule has 1 rings (SSSR count). The largest absolute Gasteiger partial charge is 0.345 e. The molecule has 0 bridgehead atoms. The number of amides is 1. The number of benzene rings is 1. The molecule has 0 heterocycles. The van der Waals surface area contributed by atoms with E-state index in [1.165, 1.54) is 0 Å². The molecule has 0 aliphatic heterocycles. The molecule has 6 heteroatoms. The van der Waals surface area contributed by atoms with Crippen molar-refractivity contribution >= 4 is 41.7 Å². The first-order valence-corrected chi connectivity index (χ1v) is 8.03. The van der Waals surface area contributed by atoms with Crippen molar-refractivity contribution in [3.63, 3.8) is 0 Å². The molecule has 120 valence electrons. The number of nitrogens with two attached hydrogens (primary N) is 1. The van der Waals surface area contributed by atoms with E-state index in [1.807, 2.05) is 31.3 Å². The van der Waals surface area contributed by atoms with Gasteiger partial charge < -0.3 is 10.6 Å². The minimum absolute atomic E-state index is 0. The van der Waals surface area contributed by atoms with Crippen LogP contribution in [-0.2, 0) is 4.79 Å².